The standard InChI is InChI=1S/C20H24N2O4S/c1-15-6-8-19(9-7-15)26-16(2)20(23)21-17-4-3-5-18(14-17)22-10-12-27(24,25)13-11-22/h3-9,14,16H,10-13H2,1-2H3,(H,21,23). The minimum Gasteiger partial charge on any atom is -0.481 e. The van der Waals surface area contributed by atoms with E-state index in [4.69, 9.17) is 4.74 Å². The molecule has 1 saturated heterocycles. The number of benzene rings is 2. The molecule has 1 amide bonds. The molecule has 1 atom stereocenters. The number of ether oxygens (including phenoxy) is 1. The van der Waals surface area contributed by atoms with Crippen LogP contribution in [0.1, 0.15) is 12.5 Å². The Kier molecular flexibility index (Phi) is 5.70. The van der Waals surface area contributed by atoms with Crippen molar-refractivity contribution in [3.05, 3.63) is 54.1 Å². The molecule has 1 unspecified atom stereocenters. The van der Waals surface area contributed by atoms with Gasteiger partial charge in [-0.1, -0.05) is 23.8 Å². The van der Waals surface area contributed by atoms with Gasteiger partial charge in [0.25, 0.3) is 5.91 Å². The largest absolute Gasteiger partial charge is 0.481 e. The molecule has 0 spiro atoms. The molecule has 6 nitrogen and oxygen atoms in total. The van der Waals surface area contributed by atoms with Gasteiger partial charge in [-0.05, 0) is 44.2 Å². The highest BCUT2D eigenvalue weighted by molar-refractivity contribution is 7.91. The van der Waals surface area contributed by atoms with Gasteiger partial charge >= 0.3 is 0 Å². The molecule has 1 fully saturated rings. The van der Waals surface area contributed by atoms with Gasteiger partial charge in [0.05, 0.1) is 11.5 Å². The fraction of sp³-hybridized carbons (Fsp3) is 0.350. The Morgan fingerprint density at radius 2 is 1.78 bits per heavy atom. The highest BCUT2D eigenvalue weighted by Gasteiger charge is 2.22. The minimum atomic E-state index is -2.92. The maximum atomic E-state index is 12.4. The van der Waals surface area contributed by atoms with Crippen molar-refractivity contribution in [1.82, 2.24) is 0 Å². The van der Waals surface area contributed by atoms with Crippen molar-refractivity contribution in [1.29, 1.82) is 0 Å². The Hall–Kier alpha value is -2.54. The van der Waals surface area contributed by atoms with E-state index in [1.165, 1.54) is 0 Å². The number of nitrogens with one attached hydrogen (secondary N) is 1. The zero-order valence-corrected chi connectivity index (χ0v) is 16.3. The molecule has 0 aromatic heterocycles. The Morgan fingerprint density at radius 3 is 2.44 bits per heavy atom. The van der Waals surface area contributed by atoms with Crippen molar-refractivity contribution < 1.29 is 17.9 Å². The molecule has 2 aromatic carbocycles. The lowest BCUT2D eigenvalue weighted by molar-refractivity contribution is -0.122. The predicted octanol–water partition coefficient (Wildman–Crippen LogP) is 2.64. The zero-order chi connectivity index (χ0) is 19.4. The van der Waals surface area contributed by atoms with Gasteiger partial charge < -0.3 is 15.0 Å². The van der Waals surface area contributed by atoms with E-state index in [0.29, 0.717) is 24.5 Å². The number of rotatable bonds is 5. The summed E-state index contributed by atoms with van der Waals surface area (Å²) in [6.07, 6.45) is -0.642. The molecule has 7 heteroatoms. The molecule has 1 N–H and O–H groups in total. The van der Waals surface area contributed by atoms with Crippen LogP contribution in [0.3, 0.4) is 0 Å². The van der Waals surface area contributed by atoms with Crippen LogP contribution >= 0.6 is 0 Å². The summed E-state index contributed by atoms with van der Waals surface area (Å²) in [4.78, 5) is 14.4. The van der Waals surface area contributed by atoms with Crippen LogP contribution in [0.2, 0.25) is 0 Å². The molecule has 1 aliphatic rings. The molecule has 0 saturated carbocycles. The molecule has 0 aliphatic carbocycles. The van der Waals surface area contributed by atoms with Gasteiger partial charge in [0.2, 0.25) is 0 Å². The highest BCUT2D eigenvalue weighted by atomic mass is 32.2. The molecule has 0 bridgehead atoms. The van der Waals surface area contributed by atoms with Gasteiger partial charge in [0.1, 0.15) is 5.75 Å². The van der Waals surface area contributed by atoms with E-state index in [1.54, 1.807) is 13.0 Å². The minimum absolute atomic E-state index is 0.158. The molecule has 27 heavy (non-hydrogen) atoms. The van der Waals surface area contributed by atoms with E-state index in [-0.39, 0.29) is 17.4 Å². The van der Waals surface area contributed by atoms with Crippen molar-refractivity contribution >= 4 is 27.1 Å². The van der Waals surface area contributed by atoms with Crippen molar-refractivity contribution in [2.45, 2.75) is 20.0 Å². The zero-order valence-electron chi connectivity index (χ0n) is 15.5. The van der Waals surface area contributed by atoms with Gasteiger partial charge in [-0.25, -0.2) is 8.42 Å². The van der Waals surface area contributed by atoms with E-state index < -0.39 is 15.9 Å². The van der Waals surface area contributed by atoms with Gasteiger partial charge in [0, 0.05) is 24.5 Å². The number of nitrogens with zero attached hydrogens (tertiary/aromatic N) is 1. The number of amides is 1. The smallest absolute Gasteiger partial charge is 0.265 e. The molecule has 3 rings (SSSR count). The first kappa shape index (κ1) is 19.2. The van der Waals surface area contributed by atoms with E-state index in [9.17, 15) is 13.2 Å². The summed E-state index contributed by atoms with van der Waals surface area (Å²) in [5.74, 6) is 0.719. The highest BCUT2D eigenvalue weighted by Crippen LogP contribution is 2.22. The Balaban J connectivity index is 1.61. The molecule has 1 aliphatic heterocycles. The van der Waals surface area contributed by atoms with Gasteiger partial charge in [0.15, 0.2) is 15.9 Å². The first-order valence-electron chi connectivity index (χ1n) is 8.92. The molecular formula is C20H24N2O4S. The van der Waals surface area contributed by atoms with Crippen LogP contribution in [0.5, 0.6) is 5.75 Å². The average molecular weight is 388 g/mol. The lowest BCUT2D eigenvalue weighted by atomic mass is 10.2. The van der Waals surface area contributed by atoms with Crippen LogP contribution in [-0.4, -0.2) is 45.0 Å². The summed E-state index contributed by atoms with van der Waals surface area (Å²) < 4.78 is 28.9. The molecular weight excluding hydrogens is 364 g/mol. The quantitative estimate of drug-likeness (QED) is 0.852. The summed E-state index contributed by atoms with van der Waals surface area (Å²) in [5, 5.41) is 2.86. The lowest BCUT2D eigenvalue weighted by Crippen LogP contribution is -2.40. The monoisotopic (exact) mass is 388 g/mol. The molecule has 0 radical (unpaired) electrons. The summed E-state index contributed by atoms with van der Waals surface area (Å²) >= 11 is 0. The number of hydrogen-bond donors (Lipinski definition) is 1. The van der Waals surface area contributed by atoms with E-state index >= 15 is 0 Å². The topological polar surface area (TPSA) is 75.7 Å². The normalized spacial score (nSPS) is 17.2. The van der Waals surface area contributed by atoms with Gasteiger partial charge in [-0.2, -0.15) is 0 Å². The van der Waals surface area contributed by atoms with Crippen LogP contribution in [-0.2, 0) is 14.6 Å². The maximum Gasteiger partial charge on any atom is 0.265 e. The SMILES string of the molecule is Cc1ccc(OC(C)C(=O)Nc2cccc(N3CCS(=O)(=O)CC3)c2)cc1. The third-order valence-electron chi connectivity index (χ3n) is 4.53. The third-order valence-corrected chi connectivity index (χ3v) is 6.14. The molecule has 1 heterocycles. The fourth-order valence-corrected chi connectivity index (χ4v) is 4.07. The van der Waals surface area contributed by atoms with Gasteiger partial charge in [-0.3, -0.25) is 4.79 Å². The number of hydrogen-bond acceptors (Lipinski definition) is 5. The van der Waals surface area contributed by atoms with Crippen LogP contribution in [0.15, 0.2) is 48.5 Å². The van der Waals surface area contributed by atoms with E-state index in [2.05, 4.69) is 5.32 Å². The molecule has 144 valence electrons. The first-order chi connectivity index (χ1) is 12.8. The fourth-order valence-electron chi connectivity index (χ4n) is 2.87. The summed E-state index contributed by atoms with van der Waals surface area (Å²) in [6.45, 7) is 4.62. The number of carbonyl (C=O) groups excluding carboxylic acids is 1. The Bertz CT molecular complexity index is 896. The van der Waals surface area contributed by atoms with E-state index in [0.717, 1.165) is 11.3 Å². The van der Waals surface area contributed by atoms with Crippen LogP contribution < -0.4 is 15.0 Å². The van der Waals surface area contributed by atoms with Crippen molar-refractivity contribution in [2.24, 2.45) is 0 Å². The summed E-state index contributed by atoms with van der Waals surface area (Å²) in [5.41, 5.74) is 2.68. The van der Waals surface area contributed by atoms with Crippen molar-refractivity contribution in [3.63, 3.8) is 0 Å². The third kappa shape index (κ3) is 5.23. The molecule has 2 aromatic rings. The number of anilines is 2. The van der Waals surface area contributed by atoms with Crippen LogP contribution in [0.4, 0.5) is 11.4 Å². The maximum absolute atomic E-state index is 12.4. The summed E-state index contributed by atoms with van der Waals surface area (Å²) in [7, 11) is -2.92. The average Bonchev–Trinajstić information content (AvgIpc) is 2.64. The second kappa shape index (κ2) is 8.00. The van der Waals surface area contributed by atoms with Gasteiger partial charge in [-0.15, -0.1) is 0 Å². The summed E-state index contributed by atoms with van der Waals surface area (Å²) in [6, 6.07) is 15.0. The van der Waals surface area contributed by atoms with Crippen LogP contribution in [0.25, 0.3) is 0 Å². The van der Waals surface area contributed by atoms with Crippen LogP contribution in [0, 0.1) is 6.92 Å². The number of carbonyl (C=O) groups is 1. The Labute approximate surface area is 160 Å². The van der Waals surface area contributed by atoms with Crippen molar-refractivity contribution in [2.75, 3.05) is 34.8 Å². The Morgan fingerprint density at radius 1 is 1.11 bits per heavy atom. The van der Waals surface area contributed by atoms with Crippen molar-refractivity contribution in [3.8, 4) is 5.75 Å². The second-order valence-corrected chi connectivity index (χ2v) is 9.06. The number of sulfone groups is 1. The predicted molar refractivity (Wildman–Crippen MR) is 107 cm³/mol. The number of aryl methyl sites for hydroxylation is 1. The first-order valence-corrected chi connectivity index (χ1v) is 10.7. The second-order valence-electron chi connectivity index (χ2n) is 6.75. The lowest BCUT2D eigenvalue weighted by Gasteiger charge is -2.29. The van der Waals surface area contributed by atoms with E-state index in [1.807, 2.05) is 54.3 Å².